The molecule has 0 saturated carbocycles. The second-order valence-electron chi connectivity index (χ2n) is 6.06. The number of thioether (sulfide) groups is 1. The lowest BCUT2D eigenvalue weighted by Crippen LogP contribution is -2.15. The number of halogens is 2. The average Bonchev–Trinajstić information content (AvgIpc) is 2.97. The second kappa shape index (κ2) is 8.63. The van der Waals surface area contributed by atoms with E-state index in [0.717, 1.165) is 17.6 Å². The number of nitrogens with zero attached hydrogens (tertiary/aromatic N) is 2. The minimum absolute atomic E-state index is 0.124. The summed E-state index contributed by atoms with van der Waals surface area (Å²) in [4.78, 5) is 16.3. The number of aromatic nitrogens is 2. The van der Waals surface area contributed by atoms with Crippen molar-refractivity contribution < 1.29 is 8.98 Å². The molecule has 0 radical (unpaired) electrons. The van der Waals surface area contributed by atoms with Crippen LogP contribution in [0.25, 0.3) is 0 Å². The molecule has 0 N–H and O–H groups in total. The standard InChI is InChI=1S/C16H18Cl2N2O2S2/c1-16(2,3)22-24-15(21)23-14(9-20-7-6-19-10-20)12-5-4-11(17)8-13(12)18/h4-8,10,14H,9H2,1-3H3. The fraction of sp³-hybridized carbons (Fsp3) is 0.375. The molecule has 1 heterocycles. The van der Waals surface area contributed by atoms with Crippen LogP contribution in [0, 0.1) is 0 Å². The Morgan fingerprint density at radius 1 is 1.38 bits per heavy atom. The molecule has 4 nitrogen and oxygen atoms in total. The molecule has 24 heavy (non-hydrogen) atoms. The number of rotatable bonds is 5. The van der Waals surface area contributed by atoms with Crippen molar-refractivity contribution in [1.82, 2.24) is 9.55 Å². The van der Waals surface area contributed by atoms with Crippen LogP contribution in [-0.4, -0.2) is 19.6 Å². The topological polar surface area (TPSA) is 44.1 Å². The highest BCUT2D eigenvalue weighted by Gasteiger charge is 2.23. The van der Waals surface area contributed by atoms with Crippen molar-refractivity contribution in [3.63, 3.8) is 0 Å². The van der Waals surface area contributed by atoms with Gasteiger partial charge in [0.15, 0.2) is 0 Å². The van der Waals surface area contributed by atoms with E-state index in [9.17, 15) is 4.79 Å². The zero-order valence-electron chi connectivity index (χ0n) is 13.5. The molecule has 1 aromatic carbocycles. The lowest BCUT2D eigenvalue weighted by molar-refractivity contribution is 0.165. The third kappa shape index (κ3) is 6.33. The highest BCUT2D eigenvalue weighted by atomic mass is 35.5. The average molecular weight is 405 g/mol. The number of imidazole rings is 1. The lowest BCUT2D eigenvalue weighted by atomic mass is 10.1. The van der Waals surface area contributed by atoms with Crippen LogP contribution < -0.4 is 0 Å². The van der Waals surface area contributed by atoms with E-state index < -0.39 is 5.60 Å². The minimum Gasteiger partial charge on any atom is -0.336 e. The van der Waals surface area contributed by atoms with Gasteiger partial charge >= 0.3 is 0 Å². The molecule has 2 rings (SSSR count). The monoisotopic (exact) mass is 404 g/mol. The van der Waals surface area contributed by atoms with Crippen molar-refractivity contribution in [3.05, 3.63) is 52.5 Å². The van der Waals surface area contributed by atoms with Gasteiger partial charge in [0.25, 0.3) is 4.45 Å². The van der Waals surface area contributed by atoms with Crippen LogP contribution >= 0.6 is 47.0 Å². The van der Waals surface area contributed by atoms with E-state index in [1.807, 2.05) is 37.6 Å². The summed E-state index contributed by atoms with van der Waals surface area (Å²) in [6, 6.07) is 5.30. The van der Waals surface area contributed by atoms with Crippen LogP contribution in [0.2, 0.25) is 10.0 Å². The van der Waals surface area contributed by atoms with Gasteiger partial charge in [-0.2, -0.15) is 0 Å². The maximum atomic E-state index is 12.3. The van der Waals surface area contributed by atoms with Crippen LogP contribution in [-0.2, 0) is 10.7 Å². The Balaban J connectivity index is 2.15. The van der Waals surface area contributed by atoms with Crippen LogP contribution in [0.4, 0.5) is 4.79 Å². The van der Waals surface area contributed by atoms with E-state index in [1.54, 1.807) is 24.7 Å². The van der Waals surface area contributed by atoms with Gasteiger partial charge in [0, 0.05) is 29.0 Å². The number of benzene rings is 1. The first-order valence-corrected chi connectivity index (χ1v) is 9.59. The quantitative estimate of drug-likeness (QED) is 0.551. The van der Waals surface area contributed by atoms with Crippen LogP contribution in [0.5, 0.6) is 0 Å². The van der Waals surface area contributed by atoms with Crippen molar-refractivity contribution in [3.8, 4) is 0 Å². The van der Waals surface area contributed by atoms with Gasteiger partial charge in [-0.25, -0.2) is 4.98 Å². The van der Waals surface area contributed by atoms with Gasteiger partial charge in [0.05, 0.1) is 29.2 Å². The molecule has 1 aromatic heterocycles. The van der Waals surface area contributed by atoms with E-state index >= 15 is 0 Å². The Labute approximate surface area is 160 Å². The summed E-state index contributed by atoms with van der Waals surface area (Å²) in [5, 5.41) is 0.925. The van der Waals surface area contributed by atoms with E-state index in [-0.39, 0.29) is 9.70 Å². The molecule has 0 aliphatic carbocycles. The highest BCUT2D eigenvalue weighted by molar-refractivity contribution is 8.36. The zero-order valence-corrected chi connectivity index (χ0v) is 16.7. The number of hydrogen-bond donors (Lipinski definition) is 0. The molecule has 0 aliphatic rings. The molecule has 1 atom stereocenters. The Bertz CT molecular complexity index is 688. The first-order chi connectivity index (χ1) is 11.2. The molecule has 8 heteroatoms. The molecular weight excluding hydrogens is 387 g/mol. The van der Waals surface area contributed by atoms with Crippen molar-refractivity contribution in [1.29, 1.82) is 0 Å². The minimum atomic E-state index is -0.390. The van der Waals surface area contributed by atoms with Gasteiger partial charge in [0.1, 0.15) is 0 Å². The Morgan fingerprint density at radius 3 is 2.71 bits per heavy atom. The van der Waals surface area contributed by atoms with Gasteiger partial charge in [-0.1, -0.05) is 41.0 Å². The normalized spacial score (nSPS) is 13.0. The Morgan fingerprint density at radius 2 is 2.12 bits per heavy atom. The first kappa shape index (κ1) is 19.7. The molecule has 130 valence electrons. The van der Waals surface area contributed by atoms with E-state index in [2.05, 4.69) is 4.98 Å². The summed E-state index contributed by atoms with van der Waals surface area (Å²) in [6.07, 6.45) is 5.26. The maximum absolute atomic E-state index is 12.3. The van der Waals surface area contributed by atoms with Gasteiger partial charge < -0.3 is 8.75 Å². The molecule has 0 aliphatic heterocycles. The predicted molar refractivity (Wildman–Crippen MR) is 103 cm³/mol. The van der Waals surface area contributed by atoms with Gasteiger partial charge in [-0.15, -0.1) is 0 Å². The smallest absolute Gasteiger partial charge is 0.273 e. The van der Waals surface area contributed by atoms with Crippen LogP contribution in [0.3, 0.4) is 0 Å². The van der Waals surface area contributed by atoms with Gasteiger partial charge in [-0.05, 0) is 38.5 Å². The third-order valence-electron chi connectivity index (χ3n) is 2.84. The fourth-order valence-corrected chi connectivity index (χ4v) is 4.18. The van der Waals surface area contributed by atoms with Crippen LogP contribution in [0.15, 0.2) is 36.9 Å². The van der Waals surface area contributed by atoms with Crippen molar-refractivity contribution >= 4 is 51.5 Å². The largest absolute Gasteiger partial charge is 0.336 e. The number of carbonyl (C=O) groups excluding carboxylic acids is 1. The van der Waals surface area contributed by atoms with Crippen LogP contribution in [0.1, 0.15) is 31.6 Å². The maximum Gasteiger partial charge on any atom is 0.273 e. The molecule has 2 aromatic rings. The second-order valence-corrected chi connectivity index (χ2v) is 9.04. The first-order valence-electron chi connectivity index (χ1n) is 7.21. The summed E-state index contributed by atoms with van der Waals surface area (Å²) in [5.74, 6) is 0. The van der Waals surface area contributed by atoms with E-state index in [0.29, 0.717) is 16.6 Å². The fourth-order valence-electron chi connectivity index (χ4n) is 1.84. The molecular formula is C16H18Cl2N2O2S2. The SMILES string of the molecule is CC(C)(C)OSC(=O)SC(Cn1ccnc1)c1ccc(Cl)cc1Cl. The van der Waals surface area contributed by atoms with Gasteiger partial charge in [0.2, 0.25) is 0 Å². The lowest BCUT2D eigenvalue weighted by Gasteiger charge is -2.20. The predicted octanol–water partition coefficient (Wildman–Crippen LogP) is 6.25. The highest BCUT2D eigenvalue weighted by Crippen LogP contribution is 2.39. The summed E-state index contributed by atoms with van der Waals surface area (Å²) < 4.78 is 7.27. The summed E-state index contributed by atoms with van der Waals surface area (Å²) in [6.45, 7) is 6.26. The Kier molecular flexibility index (Phi) is 7.07. The van der Waals surface area contributed by atoms with Crippen molar-refractivity contribution in [2.75, 3.05) is 0 Å². The molecule has 0 bridgehead atoms. The summed E-state index contributed by atoms with van der Waals surface area (Å²) in [5.41, 5.74) is 0.461. The Hall–Kier alpha value is -0.660. The van der Waals surface area contributed by atoms with Crippen molar-refractivity contribution in [2.24, 2.45) is 0 Å². The van der Waals surface area contributed by atoms with E-state index in [1.165, 1.54) is 11.8 Å². The summed E-state index contributed by atoms with van der Waals surface area (Å²) >= 11 is 14.3. The molecule has 0 spiro atoms. The number of hydrogen-bond acceptors (Lipinski definition) is 5. The molecule has 0 saturated heterocycles. The molecule has 1 unspecified atom stereocenters. The van der Waals surface area contributed by atoms with E-state index in [4.69, 9.17) is 27.4 Å². The number of carbonyl (C=O) groups is 1. The van der Waals surface area contributed by atoms with Gasteiger partial charge in [-0.3, -0.25) is 4.79 Å². The zero-order chi connectivity index (χ0) is 17.7. The van der Waals surface area contributed by atoms with Crippen molar-refractivity contribution in [2.45, 2.75) is 38.2 Å². The summed E-state index contributed by atoms with van der Waals surface area (Å²) in [7, 11) is 0. The molecule has 0 fully saturated rings. The third-order valence-corrected chi connectivity index (χ3v) is 5.50. The molecule has 0 amide bonds.